The number of benzene rings is 2. The number of methoxy groups -OCH3 is 3. The largest absolute Gasteiger partial charge is 0.496 e. The summed E-state index contributed by atoms with van der Waals surface area (Å²) in [5, 5.41) is 9.06. The molecule has 6 nitrogen and oxygen atoms in total. The number of rotatable bonds is 5. The molecule has 0 unspecified atom stereocenters. The van der Waals surface area contributed by atoms with Gasteiger partial charge in [-0.05, 0) is 36.4 Å². The maximum absolute atomic E-state index is 11.6. The predicted molar refractivity (Wildman–Crippen MR) is 83.3 cm³/mol. The van der Waals surface area contributed by atoms with Crippen LogP contribution in [0, 0.1) is 0 Å². The van der Waals surface area contributed by atoms with Crippen LogP contribution >= 0.6 is 0 Å². The number of carboxylic acid groups (broad SMARTS) is 1. The van der Waals surface area contributed by atoms with Crippen LogP contribution in [0.2, 0.25) is 0 Å². The van der Waals surface area contributed by atoms with Crippen LogP contribution in [0.5, 0.6) is 11.5 Å². The Morgan fingerprint density at radius 3 is 1.74 bits per heavy atom. The molecule has 2 aromatic carbocycles. The van der Waals surface area contributed by atoms with E-state index in [4.69, 9.17) is 14.6 Å². The maximum Gasteiger partial charge on any atom is 0.337 e. The van der Waals surface area contributed by atoms with Crippen molar-refractivity contribution in [2.45, 2.75) is 0 Å². The number of aromatic carboxylic acids is 1. The van der Waals surface area contributed by atoms with Crippen molar-refractivity contribution in [1.82, 2.24) is 0 Å². The smallest absolute Gasteiger partial charge is 0.337 e. The van der Waals surface area contributed by atoms with Crippen LogP contribution < -0.4 is 9.47 Å². The Morgan fingerprint density at radius 1 is 0.826 bits per heavy atom. The van der Waals surface area contributed by atoms with Gasteiger partial charge in [0, 0.05) is 11.1 Å². The van der Waals surface area contributed by atoms with Gasteiger partial charge in [-0.15, -0.1) is 0 Å². The van der Waals surface area contributed by atoms with Crippen molar-refractivity contribution < 1.29 is 28.9 Å². The summed E-state index contributed by atoms with van der Waals surface area (Å²) in [7, 11) is 4.24. The summed E-state index contributed by atoms with van der Waals surface area (Å²) in [6.07, 6.45) is 0. The molecule has 0 saturated heterocycles. The Morgan fingerprint density at radius 2 is 1.30 bits per heavy atom. The molecule has 1 N–H and O–H groups in total. The number of carbonyl (C=O) groups is 2. The zero-order chi connectivity index (χ0) is 17.0. The molecule has 6 heteroatoms. The van der Waals surface area contributed by atoms with Crippen LogP contribution in [0.15, 0.2) is 36.4 Å². The van der Waals surface area contributed by atoms with E-state index >= 15 is 0 Å². The van der Waals surface area contributed by atoms with Crippen molar-refractivity contribution in [3.63, 3.8) is 0 Å². The van der Waals surface area contributed by atoms with Crippen molar-refractivity contribution in [2.24, 2.45) is 0 Å². The van der Waals surface area contributed by atoms with E-state index in [0.29, 0.717) is 28.2 Å². The summed E-state index contributed by atoms with van der Waals surface area (Å²) in [5.74, 6) is -0.658. The van der Waals surface area contributed by atoms with E-state index in [-0.39, 0.29) is 5.56 Å². The Balaban J connectivity index is 2.57. The molecular weight excluding hydrogens is 300 g/mol. The molecule has 0 aliphatic carbocycles. The Labute approximate surface area is 133 Å². The first-order valence-corrected chi connectivity index (χ1v) is 6.70. The van der Waals surface area contributed by atoms with Gasteiger partial charge in [-0.3, -0.25) is 0 Å². The van der Waals surface area contributed by atoms with Crippen LogP contribution in [0.25, 0.3) is 11.1 Å². The average Bonchev–Trinajstić information content (AvgIpc) is 2.59. The lowest BCUT2D eigenvalue weighted by atomic mass is 10.00. The van der Waals surface area contributed by atoms with E-state index in [0.717, 1.165) is 0 Å². The van der Waals surface area contributed by atoms with Gasteiger partial charge in [0.25, 0.3) is 0 Å². The molecule has 0 spiro atoms. The molecule has 2 aromatic rings. The number of hydrogen-bond acceptors (Lipinski definition) is 5. The quantitative estimate of drug-likeness (QED) is 0.854. The van der Waals surface area contributed by atoms with Gasteiger partial charge in [0.2, 0.25) is 0 Å². The SMILES string of the molecule is COC(=O)c1ccc(-c2ccc(C(=O)O)cc2OC)c(OC)c1. The number of ether oxygens (including phenoxy) is 3. The molecule has 0 aromatic heterocycles. The van der Waals surface area contributed by atoms with Gasteiger partial charge in [-0.25, -0.2) is 9.59 Å². The minimum Gasteiger partial charge on any atom is -0.496 e. The van der Waals surface area contributed by atoms with E-state index in [1.807, 2.05) is 0 Å². The van der Waals surface area contributed by atoms with Crippen LogP contribution in [0.4, 0.5) is 0 Å². The summed E-state index contributed by atoms with van der Waals surface area (Å²) in [6.45, 7) is 0. The topological polar surface area (TPSA) is 82.1 Å². The molecule has 0 radical (unpaired) electrons. The third-order valence-electron chi connectivity index (χ3n) is 3.36. The first-order valence-electron chi connectivity index (χ1n) is 6.70. The summed E-state index contributed by atoms with van der Waals surface area (Å²) >= 11 is 0. The highest BCUT2D eigenvalue weighted by atomic mass is 16.5. The van der Waals surface area contributed by atoms with Crippen LogP contribution in [-0.4, -0.2) is 38.4 Å². The summed E-state index contributed by atoms with van der Waals surface area (Å²) < 4.78 is 15.3. The lowest BCUT2D eigenvalue weighted by Gasteiger charge is -2.14. The summed E-state index contributed by atoms with van der Waals surface area (Å²) in [5.41, 5.74) is 1.81. The van der Waals surface area contributed by atoms with Crippen molar-refractivity contribution in [1.29, 1.82) is 0 Å². The number of hydrogen-bond donors (Lipinski definition) is 1. The van der Waals surface area contributed by atoms with Gasteiger partial charge in [-0.2, -0.15) is 0 Å². The zero-order valence-electron chi connectivity index (χ0n) is 13.0. The van der Waals surface area contributed by atoms with Gasteiger partial charge in [0.15, 0.2) is 0 Å². The molecule has 0 saturated carbocycles. The molecule has 0 atom stereocenters. The first-order chi connectivity index (χ1) is 11.0. The number of esters is 1. The highest BCUT2D eigenvalue weighted by Crippen LogP contribution is 2.37. The molecule has 0 amide bonds. The van der Waals surface area contributed by atoms with E-state index in [1.54, 1.807) is 24.3 Å². The second-order valence-corrected chi connectivity index (χ2v) is 4.63. The maximum atomic E-state index is 11.6. The minimum absolute atomic E-state index is 0.121. The molecule has 0 aliphatic heterocycles. The van der Waals surface area contributed by atoms with Crippen LogP contribution in [0.1, 0.15) is 20.7 Å². The lowest BCUT2D eigenvalue weighted by Crippen LogP contribution is -2.02. The predicted octanol–water partition coefficient (Wildman–Crippen LogP) is 2.86. The summed E-state index contributed by atoms with van der Waals surface area (Å²) in [6, 6.07) is 9.42. The van der Waals surface area contributed by atoms with Crippen molar-refractivity contribution in [3.8, 4) is 22.6 Å². The normalized spacial score (nSPS) is 10.0. The third kappa shape index (κ3) is 3.26. The standard InChI is InChI=1S/C17H16O6/c1-21-14-8-10(16(18)19)4-6-12(14)13-7-5-11(17(20)23-3)9-15(13)22-2/h4-9H,1-3H3,(H,18,19). The van der Waals surface area contributed by atoms with E-state index < -0.39 is 11.9 Å². The fourth-order valence-electron chi connectivity index (χ4n) is 2.21. The third-order valence-corrected chi connectivity index (χ3v) is 3.36. The Kier molecular flexibility index (Phi) is 4.85. The molecule has 0 fully saturated rings. The number of carbonyl (C=O) groups excluding carboxylic acids is 1. The van der Waals surface area contributed by atoms with E-state index in [2.05, 4.69) is 4.74 Å². The van der Waals surface area contributed by atoms with Gasteiger partial charge >= 0.3 is 11.9 Å². The van der Waals surface area contributed by atoms with Gasteiger partial charge in [-0.1, -0.05) is 0 Å². The van der Waals surface area contributed by atoms with Gasteiger partial charge in [0.1, 0.15) is 11.5 Å². The van der Waals surface area contributed by atoms with Gasteiger partial charge < -0.3 is 19.3 Å². The molecule has 120 valence electrons. The second-order valence-electron chi connectivity index (χ2n) is 4.63. The monoisotopic (exact) mass is 316 g/mol. The number of carboxylic acids is 1. The second kappa shape index (κ2) is 6.83. The molecule has 23 heavy (non-hydrogen) atoms. The van der Waals surface area contributed by atoms with Crippen molar-refractivity contribution in [3.05, 3.63) is 47.5 Å². The fraction of sp³-hybridized carbons (Fsp3) is 0.176. The van der Waals surface area contributed by atoms with Crippen molar-refractivity contribution >= 4 is 11.9 Å². The fourth-order valence-corrected chi connectivity index (χ4v) is 2.21. The van der Waals surface area contributed by atoms with Crippen molar-refractivity contribution in [2.75, 3.05) is 21.3 Å². The highest BCUT2D eigenvalue weighted by molar-refractivity contribution is 5.93. The van der Waals surface area contributed by atoms with Crippen LogP contribution in [0.3, 0.4) is 0 Å². The summed E-state index contributed by atoms with van der Waals surface area (Å²) in [4.78, 5) is 22.7. The highest BCUT2D eigenvalue weighted by Gasteiger charge is 2.16. The van der Waals surface area contributed by atoms with Crippen LogP contribution in [-0.2, 0) is 4.74 Å². The average molecular weight is 316 g/mol. The molecular formula is C17H16O6. The molecule has 2 rings (SSSR count). The first kappa shape index (κ1) is 16.4. The molecule has 0 aliphatic rings. The lowest BCUT2D eigenvalue weighted by molar-refractivity contribution is 0.0599. The van der Waals surface area contributed by atoms with E-state index in [1.165, 1.54) is 33.5 Å². The Hall–Kier alpha value is -3.02. The zero-order valence-corrected chi connectivity index (χ0v) is 13.0. The minimum atomic E-state index is -1.04. The van der Waals surface area contributed by atoms with E-state index in [9.17, 15) is 9.59 Å². The van der Waals surface area contributed by atoms with Gasteiger partial charge in [0.05, 0.1) is 32.5 Å². The molecule has 0 bridgehead atoms. The molecule has 0 heterocycles. The Bertz CT molecular complexity index is 751.